The third kappa shape index (κ3) is 4.34. The first-order valence-electron chi connectivity index (χ1n) is 11.3. The van der Waals surface area contributed by atoms with Crippen molar-refractivity contribution in [3.8, 4) is 11.5 Å². The van der Waals surface area contributed by atoms with Gasteiger partial charge in [0.05, 0.1) is 19.9 Å². The van der Waals surface area contributed by atoms with Gasteiger partial charge in [-0.25, -0.2) is 0 Å². The number of hydrogen-bond acceptors (Lipinski definition) is 4. The summed E-state index contributed by atoms with van der Waals surface area (Å²) < 4.78 is 10.7. The van der Waals surface area contributed by atoms with Crippen molar-refractivity contribution in [2.24, 2.45) is 22.4 Å². The number of hydrogen-bond donors (Lipinski definition) is 1. The number of aryl methyl sites for hydroxylation is 1. The molecule has 1 fully saturated rings. The van der Waals surface area contributed by atoms with Crippen LogP contribution in [0.5, 0.6) is 11.5 Å². The molecule has 0 spiro atoms. The molecule has 4 atom stereocenters. The molecule has 2 aromatic carbocycles. The smallest absolute Gasteiger partial charge is 0.119 e. The van der Waals surface area contributed by atoms with Crippen LogP contribution in [0, 0.1) is 17.3 Å². The Hall–Kier alpha value is -2.75. The fourth-order valence-electron chi connectivity index (χ4n) is 5.74. The van der Waals surface area contributed by atoms with Crippen LogP contribution in [0.4, 0.5) is 5.69 Å². The maximum Gasteiger partial charge on any atom is 0.119 e. The largest absolute Gasteiger partial charge is 0.497 e. The quantitative estimate of drug-likeness (QED) is 0.320. The van der Waals surface area contributed by atoms with Crippen LogP contribution in [0.15, 0.2) is 60.2 Å². The predicted molar refractivity (Wildman–Crippen MR) is 128 cm³/mol. The van der Waals surface area contributed by atoms with E-state index in [4.69, 9.17) is 9.47 Å². The molecule has 4 rings (SSSR count). The Morgan fingerprint density at radius 3 is 2.55 bits per heavy atom. The van der Waals surface area contributed by atoms with Gasteiger partial charge in [-0.3, -0.25) is 5.43 Å². The van der Waals surface area contributed by atoms with Gasteiger partial charge in [0.15, 0.2) is 0 Å². The van der Waals surface area contributed by atoms with Gasteiger partial charge in [0.2, 0.25) is 0 Å². The molecule has 0 aliphatic heterocycles. The maximum atomic E-state index is 5.46. The highest BCUT2D eigenvalue weighted by molar-refractivity contribution is 5.68. The van der Waals surface area contributed by atoms with E-state index in [2.05, 4.69) is 54.5 Å². The van der Waals surface area contributed by atoms with Crippen LogP contribution < -0.4 is 14.9 Å². The molecular formula is C27H34N2O2. The summed E-state index contributed by atoms with van der Waals surface area (Å²) in [6.07, 6.45) is 9.95. The van der Waals surface area contributed by atoms with E-state index >= 15 is 0 Å². The molecule has 2 aliphatic rings. The Kier molecular flexibility index (Phi) is 6.35. The molecule has 0 radical (unpaired) electrons. The molecule has 1 N–H and O–H groups in total. The van der Waals surface area contributed by atoms with Crippen LogP contribution in [-0.4, -0.2) is 20.4 Å². The summed E-state index contributed by atoms with van der Waals surface area (Å²) in [4.78, 5) is 0. The second-order valence-corrected chi connectivity index (χ2v) is 9.15. The van der Waals surface area contributed by atoms with Gasteiger partial charge in [-0.2, -0.15) is 5.10 Å². The SMILES string of the molecule is C=CC[C@H]1[C@@H]2CCc3cc(OC)ccc3[C@H]2CC[C@]1(C)/C=N/Nc1ccc(OC)cc1. The lowest BCUT2D eigenvalue weighted by Gasteiger charge is -2.50. The number of allylic oxidation sites excluding steroid dienone is 1. The van der Waals surface area contributed by atoms with Crippen molar-refractivity contribution in [1.29, 1.82) is 0 Å². The van der Waals surface area contributed by atoms with E-state index in [9.17, 15) is 0 Å². The molecule has 0 unspecified atom stereocenters. The molecule has 4 heteroatoms. The second kappa shape index (κ2) is 9.17. The van der Waals surface area contributed by atoms with Crippen LogP contribution in [0.2, 0.25) is 0 Å². The lowest BCUT2D eigenvalue weighted by atomic mass is 9.54. The first kappa shape index (κ1) is 21.5. The summed E-state index contributed by atoms with van der Waals surface area (Å²) in [7, 11) is 3.43. The number of anilines is 1. The molecule has 2 aliphatic carbocycles. The van der Waals surface area contributed by atoms with E-state index in [-0.39, 0.29) is 5.41 Å². The number of methoxy groups -OCH3 is 2. The Morgan fingerprint density at radius 1 is 1.10 bits per heavy atom. The summed E-state index contributed by atoms with van der Waals surface area (Å²) in [5.74, 6) is 3.64. The summed E-state index contributed by atoms with van der Waals surface area (Å²) in [6.45, 7) is 6.46. The summed E-state index contributed by atoms with van der Waals surface area (Å²) >= 11 is 0. The summed E-state index contributed by atoms with van der Waals surface area (Å²) in [6, 6.07) is 14.5. The van der Waals surface area contributed by atoms with Gasteiger partial charge in [0.25, 0.3) is 0 Å². The number of nitrogens with one attached hydrogen (secondary N) is 1. The Labute approximate surface area is 186 Å². The molecule has 164 valence electrons. The summed E-state index contributed by atoms with van der Waals surface area (Å²) in [5.41, 5.74) is 7.23. The molecule has 31 heavy (non-hydrogen) atoms. The van der Waals surface area contributed by atoms with Gasteiger partial charge in [0, 0.05) is 11.6 Å². The van der Waals surface area contributed by atoms with Crippen molar-refractivity contribution in [2.75, 3.05) is 19.6 Å². The first-order chi connectivity index (χ1) is 15.1. The fraction of sp³-hybridized carbons (Fsp3) is 0.444. The monoisotopic (exact) mass is 418 g/mol. The fourth-order valence-corrected chi connectivity index (χ4v) is 5.74. The number of benzene rings is 2. The lowest BCUT2D eigenvalue weighted by Crippen LogP contribution is -2.43. The van der Waals surface area contributed by atoms with Crippen molar-refractivity contribution >= 4 is 11.9 Å². The first-order valence-corrected chi connectivity index (χ1v) is 11.3. The number of rotatable bonds is 7. The minimum Gasteiger partial charge on any atom is -0.497 e. The molecule has 0 aromatic heterocycles. The lowest BCUT2D eigenvalue weighted by molar-refractivity contribution is 0.0884. The molecule has 2 aromatic rings. The third-order valence-electron chi connectivity index (χ3n) is 7.44. The van der Waals surface area contributed by atoms with E-state index in [1.54, 1.807) is 14.2 Å². The van der Waals surface area contributed by atoms with Crippen LogP contribution in [0.3, 0.4) is 0 Å². The Balaban J connectivity index is 1.53. The average Bonchev–Trinajstić information content (AvgIpc) is 2.80. The van der Waals surface area contributed by atoms with E-state index in [1.807, 2.05) is 24.3 Å². The van der Waals surface area contributed by atoms with Crippen LogP contribution in [0.1, 0.15) is 49.7 Å². The molecule has 0 amide bonds. The zero-order valence-electron chi connectivity index (χ0n) is 18.9. The normalized spacial score (nSPS) is 27.3. The second-order valence-electron chi connectivity index (χ2n) is 9.15. The highest BCUT2D eigenvalue weighted by Crippen LogP contribution is 2.55. The molecular weight excluding hydrogens is 384 g/mol. The molecule has 4 nitrogen and oxygen atoms in total. The van der Waals surface area contributed by atoms with E-state index in [1.165, 1.54) is 24.0 Å². The van der Waals surface area contributed by atoms with Gasteiger partial charge < -0.3 is 9.47 Å². The standard InChI is InChI=1S/C27H34N2O2/c1-5-6-26-25-13-7-19-17-22(31-4)12-14-23(19)24(25)15-16-27(26,2)18-28-29-20-8-10-21(30-3)11-9-20/h5,8-12,14,17-18,24-26,29H,1,6-7,13,15-16H2,2-4H3/b28-18+/t24-,25-,26+,27-/m1/s1. The highest BCUT2D eigenvalue weighted by Gasteiger charge is 2.47. The molecule has 0 saturated heterocycles. The third-order valence-corrected chi connectivity index (χ3v) is 7.44. The van der Waals surface area contributed by atoms with Gasteiger partial charge in [0.1, 0.15) is 11.5 Å². The zero-order chi connectivity index (χ0) is 21.8. The van der Waals surface area contributed by atoms with Crippen LogP contribution in [-0.2, 0) is 6.42 Å². The van der Waals surface area contributed by atoms with E-state index in [0.717, 1.165) is 36.4 Å². The van der Waals surface area contributed by atoms with Crippen molar-refractivity contribution in [3.63, 3.8) is 0 Å². The van der Waals surface area contributed by atoms with Gasteiger partial charge in [-0.1, -0.05) is 19.1 Å². The molecule has 1 saturated carbocycles. The minimum absolute atomic E-state index is 0.0544. The van der Waals surface area contributed by atoms with Crippen molar-refractivity contribution in [3.05, 3.63) is 66.2 Å². The van der Waals surface area contributed by atoms with Crippen LogP contribution in [0.25, 0.3) is 0 Å². The maximum absolute atomic E-state index is 5.46. The average molecular weight is 419 g/mol. The van der Waals surface area contributed by atoms with Gasteiger partial charge >= 0.3 is 0 Å². The van der Waals surface area contributed by atoms with Crippen LogP contribution >= 0.6 is 0 Å². The highest BCUT2D eigenvalue weighted by atomic mass is 16.5. The van der Waals surface area contributed by atoms with Crippen molar-refractivity contribution in [2.45, 2.75) is 44.9 Å². The number of ether oxygens (including phenoxy) is 2. The Bertz CT molecular complexity index is 937. The molecule has 0 bridgehead atoms. The Morgan fingerprint density at radius 2 is 1.84 bits per heavy atom. The van der Waals surface area contributed by atoms with Gasteiger partial charge in [-0.15, -0.1) is 6.58 Å². The number of hydrazone groups is 1. The molecule has 0 heterocycles. The predicted octanol–water partition coefficient (Wildman–Crippen LogP) is 6.44. The number of fused-ring (bicyclic) bond motifs is 3. The van der Waals surface area contributed by atoms with E-state index in [0.29, 0.717) is 17.8 Å². The number of nitrogens with zero attached hydrogens (tertiary/aromatic N) is 1. The summed E-state index contributed by atoms with van der Waals surface area (Å²) in [5, 5.41) is 4.66. The van der Waals surface area contributed by atoms with Crippen molar-refractivity contribution < 1.29 is 9.47 Å². The minimum atomic E-state index is 0.0544. The van der Waals surface area contributed by atoms with E-state index < -0.39 is 0 Å². The topological polar surface area (TPSA) is 42.8 Å². The zero-order valence-corrected chi connectivity index (χ0v) is 18.9. The van der Waals surface area contributed by atoms with Gasteiger partial charge in [-0.05, 0) is 97.4 Å². The van der Waals surface area contributed by atoms with Crippen molar-refractivity contribution in [1.82, 2.24) is 0 Å².